The van der Waals surface area contributed by atoms with Crippen molar-refractivity contribution >= 4 is 56.8 Å². The highest BCUT2D eigenvalue weighted by molar-refractivity contribution is 7.80. The van der Waals surface area contributed by atoms with E-state index in [0.717, 1.165) is 32.3 Å². The summed E-state index contributed by atoms with van der Waals surface area (Å²) in [6, 6.07) is 13.3. The summed E-state index contributed by atoms with van der Waals surface area (Å²) in [6.45, 7) is 6.62. The second-order valence-electron chi connectivity index (χ2n) is 11.1. The van der Waals surface area contributed by atoms with E-state index in [9.17, 15) is 4.79 Å². The molecule has 0 saturated carbocycles. The van der Waals surface area contributed by atoms with Gasteiger partial charge in [0.15, 0.2) is 4.96 Å². The lowest BCUT2D eigenvalue weighted by atomic mass is 9.93. The zero-order valence-electron chi connectivity index (χ0n) is 23.4. The summed E-state index contributed by atoms with van der Waals surface area (Å²) in [5, 5.41) is 10.3. The van der Waals surface area contributed by atoms with Gasteiger partial charge in [-0.3, -0.25) is 9.72 Å². The molecule has 4 heterocycles. The molecule has 12 heteroatoms. The molecule has 4 aromatic heterocycles. The molecule has 0 aliphatic heterocycles. The molecule has 10 nitrogen and oxygen atoms in total. The molecule has 1 aromatic carbocycles. The number of rotatable bonds is 8. The van der Waals surface area contributed by atoms with Gasteiger partial charge in [0.05, 0.1) is 31.4 Å². The van der Waals surface area contributed by atoms with E-state index in [2.05, 4.69) is 33.4 Å². The van der Waals surface area contributed by atoms with Crippen LogP contribution in [0.4, 0.5) is 16.3 Å². The van der Waals surface area contributed by atoms with E-state index in [0.29, 0.717) is 29.7 Å². The smallest absolute Gasteiger partial charge is 0.427 e. The second-order valence-corrected chi connectivity index (χ2v) is 12.4. The highest BCUT2D eigenvalue weighted by atomic mass is 32.1. The minimum Gasteiger partial charge on any atom is -0.476 e. The first-order valence-electron chi connectivity index (χ1n) is 12.9. The average molecular weight is 581 g/mol. The number of thiazole rings is 1. The Labute approximate surface area is 242 Å². The maximum atomic E-state index is 13.1. The van der Waals surface area contributed by atoms with Crippen LogP contribution in [-0.4, -0.2) is 65.1 Å². The Morgan fingerprint density at radius 2 is 1.93 bits per heavy atom. The summed E-state index contributed by atoms with van der Waals surface area (Å²) in [4.78, 5) is 24.3. The number of thiol groups is 1. The Morgan fingerprint density at radius 1 is 1.18 bits per heavy atom. The van der Waals surface area contributed by atoms with E-state index in [4.69, 9.17) is 14.2 Å². The molecule has 2 amide bonds. The highest BCUT2D eigenvalue weighted by Crippen LogP contribution is 2.31. The topological polar surface area (TPSA) is 107 Å². The van der Waals surface area contributed by atoms with Crippen LogP contribution in [0.2, 0.25) is 0 Å². The Balaban J connectivity index is 1.29. The number of amides is 2. The van der Waals surface area contributed by atoms with Gasteiger partial charge in [0, 0.05) is 40.7 Å². The van der Waals surface area contributed by atoms with Crippen molar-refractivity contribution in [2.24, 2.45) is 0 Å². The minimum atomic E-state index is -0.224. The van der Waals surface area contributed by atoms with Crippen molar-refractivity contribution in [3.05, 3.63) is 54.4 Å². The molecule has 0 aliphatic rings. The maximum absolute atomic E-state index is 13.1. The number of hydrogen-bond acceptors (Lipinski definition) is 9. The number of fused-ring (bicyclic) bond motifs is 3. The number of quaternary nitrogens is 1. The minimum absolute atomic E-state index is 0.0994. The molecule has 0 aliphatic carbocycles. The molecule has 2 N–H and O–H groups in total. The number of pyridine rings is 1. The van der Waals surface area contributed by atoms with Crippen molar-refractivity contribution in [1.82, 2.24) is 29.3 Å². The van der Waals surface area contributed by atoms with Gasteiger partial charge in [-0.15, -0.1) is 0 Å². The number of imidazole rings is 1. The molecule has 0 saturated heterocycles. The van der Waals surface area contributed by atoms with Crippen LogP contribution in [0, 0.1) is 0 Å². The van der Waals surface area contributed by atoms with Crippen LogP contribution in [0.3, 0.4) is 0 Å². The fourth-order valence-electron chi connectivity index (χ4n) is 3.98. The average Bonchev–Trinajstić information content (AvgIpc) is 3.65. The van der Waals surface area contributed by atoms with Crippen molar-refractivity contribution in [3.63, 3.8) is 0 Å². The Morgan fingerprint density at radius 3 is 2.58 bits per heavy atom. The molecule has 210 valence electrons. The molecule has 0 bridgehead atoms. The number of carbonyl (C=O) groups is 1. The van der Waals surface area contributed by atoms with Gasteiger partial charge < -0.3 is 14.6 Å². The number of hydrogen-bond donors (Lipinski definition) is 3. The van der Waals surface area contributed by atoms with E-state index in [1.165, 1.54) is 11.3 Å². The van der Waals surface area contributed by atoms with E-state index >= 15 is 0 Å². The summed E-state index contributed by atoms with van der Waals surface area (Å²) < 4.78 is 13.3. The Bertz CT molecular complexity index is 1640. The van der Waals surface area contributed by atoms with Crippen LogP contribution in [-0.2, 0) is 5.41 Å². The normalized spacial score (nSPS) is 13.2. The summed E-state index contributed by atoms with van der Waals surface area (Å²) in [7, 11) is 5.45. The molecule has 0 radical (unpaired) electrons. The van der Waals surface area contributed by atoms with Crippen LogP contribution in [0.1, 0.15) is 26.5 Å². The van der Waals surface area contributed by atoms with Gasteiger partial charge in [-0.2, -0.15) is 17.1 Å². The molecular formula is C28H34N7O3S2+. The fraction of sp³-hybridized carbons (Fsp3) is 0.357. The second kappa shape index (κ2) is 10.8. The van der Waals surface area contributed by atoms with Crippen molar-refractivity contribution in [2.45, 2.75) is 32.2 Å². The molecular weight excluding hydrogens is 546 g/mol. The van der Waals surface area contributed by atoms with Gasteiger partial charge in [-0.05, 0) is 30.4 Å². The molecule has 0 fully saturated rings. The molecule has 0 spiro atoms. The maximum Gasteiger partial charge on any atom is 0.427 e. The van der Waals surface area contributed by atoms with Crippen molar-refractivity contribution in [2.75, 3.05) is 38.8 Å². The first-order chi connectivity index (χ1) is 19.0. The number of nitrogens with zero attached hydrogens (tertiary/aromatic N) is 5. The van der Waals surface area contributed by atoms with Gasteiger partial charge >= 0.3 is 6.03 Å². The van der Waals surface area contributed by atoms with Crippen molar-refractivity contribution in [3.8, 4) is 17.1 Å². The molecule has 1 unspecified atom stereocenters. The lowest BCUT2D eigenvalue weighted by molar-refractivity contribution is 0.227. The predicted octanol–water partition coefficient (Wildman–Crippen LogP) is 5.59. The van der Waals surface area contributed by atoms with Crippen LogP contribution >= 0.6 is 24.0 Å². The molecule has 5 aromatic rings. The first-order valence-corrected chi connectivity index (χ1v) is 14.4. The first kappa shape index (κ1) is 28.1. The number of likely N-dealkylation sites (N-methyl/N-ethyl adjacent to an activating group) is 1. The van der Waals surface area contributed by atoms with E-state index in [1.54, 1.807) is 14.1 Å². The van der Waals surface area contributed by atoms with Crippen LogP contribution in [0.25, 0.3) is 26.6 Å². The third kappa shape index (κ3) is 5.57. The number of nitrogens with one attached hydrogen (secondary N) is 2. The fourth-order valence-corrected chi connectivity index (χ4v) is 5.24. The monoisotopic (exact) mass is 580 g/mol. The van der Waals surface area contributed by atoms with Crippen LogP contribution < -0.4 is 19.9 Å². The standard InChI is InChI=1S/C28H33N7O3S2/c1-28(2,3)22-13-23(33-38-22)35(5,6)27(36)30-18-9-7-17(8-10-18)20-14-34-21-11-12-24(37-15-19(16-39)29-4)32-25(21)40-26(34)31-20/h7-14,19,29H,15-16H2,1-6H3,(H-,30,36,39)/p+1. The van der Waals surface area contributed by atoms with E-state index in [-0.39, 0.29) is 22.0 Å². The van der Waals surface area contributed by atoms with Crippen LogP contribution in [0.15, 0.2) is 53.2 Å². The quantitative estimate of drug-likeness (QED) is 0.162. The lowest BCUT2D eigenvalue weighted by Crippen LogP contribution is -2.49. The zero-order valence-corrected chi connectivity index (χ0v) is 25.1. The van der Waals surface area contributed by atoms with Crippen molar-refractivity contribution < 1.29 is 14.1 Å². The zero-order chi connectivity index (χ0) is 28.7. The summed E-state index contributed by atoms with van der Waals surface area (Å²) in [5.74, 6) is 2.53. The van der Waals surface area contributed by atoms with Gasteiger partial charge in [0.2, 0.25) is 5.88 Å². The SMILES string of the molecule is CNC(CS)COc1ccc2c(n1)sc1nc(-c3ccc(NC(=O)[N+](C)(C)c4cc(C(C)(C)C)on4)cc3)cn12. The number of urea groups is 1. The van der Waals surface area contributed by atoms with E-state index < -0.39 is 0 Å². The van der Waals surface area contributed by atoms with Gasteiger partial charge in [0.1, 0.15) is 17.2 Å². The van der Waals surface area contributed by atoms with Gasteiger partial charge in [-0.1, -0.05) is 44.2 Å². The van der Waals surface area contributed by atoms with Gasteiger partial charge in [-0.25, -0.2) is 14.8 Å². The summed E-state index contributed by atoms with van der Waals surface area (Å²) >= 11 is 5.83. The largest absolute Gasteiger partial charge is 0.476 e. The summed E-state index contributed by atoms with van der Waals surface area (Å²) in [6.07, 6.45) is 2.00. The number of aromatic nitrogens is 4. The Kier molecular flexibility index (Phi) is 7.62. The third-order valence-corrected chi connectivity index (χ3v) is 8.15. The number of ether oxygens (including phenoxy) is 1. The van der Waals surface area contributed by atoms with E-state index in [1.807, 2.05) is 80.9 Å². The lowest BCUT2D eigenvalue weighted by Gasteiger charge is -2.23. The van der Waals surface area contributed by atoms with Crippen LogP contribution in [0.5, 0.6) is 5.88 Å². The van der Waals surface area contributed by atoms with Gasteiger partial charge in [0.25, 0.3) is 5.82 Å². The third-order valence-electron chi connectivity index (χ3n) is 6.75. The number of carbonyl (C=O) groups excluding carboxylic acids is 1. The summed E-state index contributed by atoms with van der Waals surface area (Å²) in [5.41, 5.74) is 3.24. The number of anilines is 1. The molecule has 5 rings (SSSR count). The van der Waals surface area contributed by atoms with Crippen molar-refractivity contribution in [1.29, 1.82) is 0 Å². The number of benzene rings is 1. The highest BCUT2D eigenvalue weighted by Gasteiger charge is 2.35. The predicted molar refractivity (Wildman–Crippen MR) is 164 cm³/mol. The molecule has 40 heavy (non-hydrogen) atoms. The molecule has 1 atom stereocenters. The Hall–Kier alpha value is -3.45.